The first kappa shape index (κ1) is 23.4. The van der Waals surface area contributed by atoms with Crippen molar-refractivity contribution in [1.82, 2.24) is 24.4 Å². The van der Waals surface area contributed by atoms with Crippen LogP contribution >= 0.6 is 11.3 Å². The summed E-state index contributed by atoms with van der Waals surface area (Å²) >= 11 is 1.44. The molecule has 1 fully saturated rings. The topological polar surface area (TPSA) is 84.6 Å². The third-order valence-electron chi connectivity index (χ3n) is 6.41. The van der Waals surface area contributed by atoms with Crippen LogP contribution < -0.4 is 14.2 Å². The van der Waals surface area contributed by atoms with Crippen LogP contribution in [0.25, 0.3) is 4.96 Å². The van der Waals surface area contributed by atoms with Crippen molar-refractivity contribution in [2.24, 2.45) is 0 Å². The normalized spacial score (nSPS) is 15.9. The van der Waals surface area contributed by atoms with Gasteiger partial charge in [-0.25, -0.2) is 4.98 Å². The number of benzene rings is 2. The van der Waals surface area contributed by atoms with Crippen molar-refractivity contribution >= 4 is 16.3 Å². The van der Waals surface area contributed by atoms with E-state index in [0.717, 1.165) is 43.2 Å². The van der Waals surface area contributed by atoms with Gasteiger partial charge in [0.1, 0.15) is 6.33 Å². The SMILES string of the molecule is COc1cc(C(c2sc3ncnn3c2O)N2CCN(Cc3ccccc3)CC2)cc(OC)c1OC. The summed E-state index contributed by atoms with van der Waals surface area (Å²) in [7, 11) is 4.81. The molecule has 0 amide bonds. The fourth-order valence-electron chi connectivity index (χ4n) is 4.68. The van der Waals surface area contributed by atoms with Crippen LogP contribution in [0.1, 0.15) is 22.0 Å². The van der Waals surface area contributed by atoms with Crippen LogP contribution in [0.15, 0.2) is 48.8 Å². The van der Waals surface area contributed by atoms with E-state index in [1.807, 2.05) is 18.2 Å². The lowest BCUT2D eigenvalue weighted by atomic mass is 10.0. The largest absolute Gasteiger partial charge is 0.493 e. The molecule has 2 aromatic heterocycles. The Bertz CT molecular complexity index is 1260. The highest BCUT2D eigenvalue weighted by Crippen LogP contribution is 2.45. The summed E-state index contributed by atoms with van der Waals surface area (Å²) in [5.41, 5.74) is 2.25. The smallest absolute Gasteiger partial charge is 0.230 e. The first-order chi connectivity index (χ1) is 17.1. The number of aromatic nitrogens is 3. The summed E-state index contributed by atoms with van der Waals surface area (Å²) in [6.07, 6.45) is 1.45. The van der Waals surface area contributed by atoms with Crippen LogP contribution in [0, 0.1) is 0 Å². The van der Waals surface area contributed by atoms with Crippen molar-refractivity contribution in [3.63, 3.8) is 0 Å². The average Bonchev–Trinajstić information content (AvgIpc) is 3.48. The third kappa shape index (κ3) is 4.52. The highest BCUT2D eigenvalue weighted by molar-refractivity contribution is 7.17. The van der Waals surface area contributed by atoms with Gasteiger partial charge in [-0.2, -0.15) is 9.61 Å². The number of methoxy groups -OCH3 is 3. The number of thiazole rings is 1. The summed E-state index contributed by atoms with van der Waals surface area (Å²) in [6, 6.07) is 14.2. The number of piperazine rings is 1. The molecule has 10 heteroatoms. The number of fused-ring (bicyclic) bond motifs is 1. The van der Waals surface area contributed by atoms with Gasteiger partial charge in [-0.3, -0.25) is 9.80 Å². The molecule has 1 unspecified atom stereocenters. The monoisotopic (exact) mass is 495 g/mol. The predicted molar refractivity (Wildman–Crippen MR) is 134 cm³/mol. The number of hydrogen-bond donors (Lipinski definition) is 1. The van der Waals surface area contributed by atoms with E-state index in [0.29, 0.717) is 22.2 Å². The zero-order valence-electron chi connectivity index (χ0n) is 20.0. The standard InChI is InChI=1S/C25H29N5O4S/c1-32-19-13-18(14-20(33-2)22(19)34-3)21(23-24(31)30-25(35-23)26-16-27-30)29-11-9-28(10-12-29)15-17-7-5-4-6-8-17/h4-8,13-14,16,21,31H,9-12,15H2,1-3H3. The van der Waals surface area contributed by atoms with Crippen LogP contribution in [0.4, 0.5) is 0 Å². The molecule has 1 N–H and O–H groups in total. The lowest BCUT2D eigenvalue weighted by Crippen LogP contribution is -2.47. The minimum Gasteiger partial charge on any atom is -0.493 e. The van der Waals surface area contributed by atoms with E-state index in [1.165, 1.54) is 27.7 Å². The zero-order valence-corrected chi connectivity index (χ0v) is 20.9. The summed E-state index contributed by atoms with van der Waals surface area (Å²) in [5, 5.41) is 15.3. The van der Waals surface area contributed by atoms with Crippen LogP contribution in [0.5, 0.6) is 23.1 Å². The van der Waals surface area contributed by atoms with Crippen molar-refractivity contribution in [2.75, 3.05) is 47.5 Å². The lowest BCUT2D eigenvalue weighted by molar-refractivity contribution is 0.104. The summed E-state index contributed by atoms with van der Waals surface area (Å²) in [4.78, 5) is 10.6. The third-order valence-corrected chi connectivity index (χ3v) is 7.50. The number of aromatic hydroxyl groups is 1. The van der Waals surface area contributed by atoms with E-state index in [4.69, 9.17) is 14.2 Å². The Labute approximate surface area is 208 Å². The highest BCUT2D eigenvalue weighted by atomic mass is 32.1. The molecule has 0 spiro atoms. The molecule has 9 nitrogen and oxygen atoms in total. The Morgan fingerprint density at radius 2 is 1.66 bits per heavy atom. The molecule has 0 radical (unpaired) electrons. The number of ether oxygens (including phenoxy) is 3. The van der Waals surface area contributed by atoms with Crippen LogP contribution in [0.3, 0.4) is 0 Å². The molecule has 184 valence electrons. The van der Waals surface area contributed by atoms with Gasteiger partial charge in [0.2, 0.25) is 16.6 Å². The van der Waals surface area contributed by atoms with Crippen LogP contribution in [0.2, 0.25) is 0 Å². The van der Waals surface area contributed by atoms with Crippen molar-refractivity contribution < 1.29 is 19.3 Å². The Morgan fingerprint density at radius 3 is 2.26 bits per heavy atom. The van der Waals surface area contributed by atoms with Crippen LogP contribution in [-0.2, 0) is 6.54 Å². The van der Waals surface area contributed by atoms with Gasteiger partial charge in [-0.05, 0) is 23.3 Å². The molecule has 1 saturated heterocycles. The van der Waals surface area contributed by atoms with Crippen molar-refractivity contribution in [1.29, 1.82) is 0 Å². The Kier molecular flexibility index (Phi) is 6.76. The number of hydrogen-bond acceptors (Lipinski definition) is 9. The first-order valence-corrected chi connectivity index (χ1v) is 12.3. The second kappa shape index (κ2) is 10.1. The second-order valence-corrected chi connectivity index (χ2v) is 9.41. The second-order valence-electron chi connectivity index (χ2n) is 8.40. The Hall–Kier alpha value is -3.34. The molecular weight excluding hydrogens is 466 g/mol. The molecule has 4 aromatic rings. The molecule has 0 bridgehead atoms. The van der Waals surface area contributed by atoms with E-state index >= 15 is 0 Å². The molecule has 2 aromatic carbocycles. The average molecular weight is 496 g/mol. The minimum absolute atomic E-state index is 0.105. The molecule has 0 saturated carbocycles. The first-order valence-electron chi connectivity index (χ1n) is 11.4. The molecule has 5 rings (SSSR count). The van der Waals surface area contributed by atoms with Gasteiger partial charge in [0.15, 0.2) is 11.5 Å². The molecule has 3 heterocycles. The molecule has 35 heavy (non-hydrogen) atoms. The summed E-state index contributed by atoms with van der Waals surface area (Å²) in [5.74, 6) is 1.80. The molecule has 1 atom stereocenters. The summed E-state index contributed by atoms with van der Waals surface area (Å²) in [6.45, 7) is 4.42. The van der Waals surface area contributed by atoms with E-state index in [1.54, 1.807) is 21.3 Å². The van der Waals surface area contributed by atoms with Crippen LogP contribution in [-0.4, -0.2) is 77.0 Å². The number of nitrogens with zero attached hydrogens (tertiary/aromatic N) is 5. The maximum absolute atomic E-state index is 11.1. The van der Waals surface area contributed by atoms with E-state index < -0.39 is 0 Å². The van der Waals surface area contributed by atoms with E-state index in [2.05, 4.69) is 44.1 Å². The fraction of sp³-hybridized carbons (Fsp3) is 0.360. The highest BCUT2D eigenvalue weighted by Gasteiger charge is 2.33. The van der Waals surface area contributed by atoms with Gasteiger partial charge < -0.3 is 19.3 Å². The predicted octanol–water partition coefficient (Wildman–Crippen LogP) is 3.43. The maximum Gasteiger partial charge on any atom is 0.230 e. The van der Waals surface area contributed by atoms with Crippen molar-refractivity contribution in [3.05, 3.63) is 64.8 Å². The molecule has 0 aliphatic carbocycles. The van der Waals surface area contributed by atoms with Crippen molar-refractivity contribution in [3.8, 4) is 23.1 Å². The lowest BCUT2D eigenvalue weighted by Gasteiger charge is -2.39. The van der Waals surface area contributed by atoms with Gasteiger partial charge in [-0.1, -0.05) is 41.7 Å². The molecule has 1 aliphatic heterocycles. The Balaban J connectivity index is 1.49. The van der Waals surface area contributed by atoms with E-state index in [-0.39, 0.29) is 11.9 Å². The van der Waals surface area contributed by atoms with Crippen molar-refractivity contribution in [2.45, 2.75) is 12.6 Å². The van der Waals surface area contributed by atoms with Gasteiger partial charge in [0.25, 0.3) is 0 Å². The fourth-order valence-corrected chi connectivity index (χ4v) is 5.77. The number of rotatable bonds is 8. The summed E-state index contributed by atoms with van der Waals surface area (Å²) < 4.78 is 18.3. The maximum atomic E-state index is 11.1. The van der Waals surface area contributed by atoms with Gasteiger partial charge in [0, 0.05) is 32.7 Å². The molecular formula is C25H29N5O4S. The zero-order chi connectivity index (χ0) is 24.4. The van der Waals surface area contributed by atoms with E-state index in [9.17, 15) is 5.11 Å². The minimum atomic E-state index is -0.226. The Morgan fingerprint density at radius 1 is 0.971 bits per heavy atom. The van der Waals surface area contributed by atoms with Gasteiger partial charge in [0.05, 0.1) is 32.2 Å². The van der Waals surface area contributed by atoms with Gasteiger partial charge in [-0.15, -0.1) is 0 Å². The quantitative estimate of drug-likeness (QED) is 0.398. The van der Waals surface area contributed by atoms with Gasteiger partial charge >= 0.3 is 0 Å². The molecule has 1 aliphatic rings.